The third kappa shape index (κ3) is 3.56. The first-order chi connectivity index (χ1) is 7.95. The highest BCUT2D eigenvalue weighted by molar-refractivity contribution is 7.13. The summed E-state index contributed by atoms with van der Waals surface area (Å²) in [5, 5.41) is 2.69. The molecule has 94 valence electrons. The number of ether oxygens (including phenoxy) is 1. The zero-order valence-corrected chi connectivity index (χ0v) is 11.3. The van der Waals surface area contributed by atoms with Gasteiger partial charge in [0.1, 0.15) is 6.04 Å². The van der Waals surface area contributed by atoms with E-state index in [0.717, 1.165) is 4.88 Å². The minimum Gasteiger partial charge on any atom is -0.467 e. The van der Waals surface area contributed by atoms with E-state index in [1.807, 2.05) is 26.8 Å². The normalized spacial score (nSPS) is 12.3. The minimum absolute atomic E-state index is 0.00698. The van der Waals surface area contributed by atoms with Crippen molar-refractivity contribution < 1.29 is 14.3 Å². The van der Waals surface area contributed by atoms with E-state index in [2.05, 4.69) is 10.1 Å². The predicted molar refractivity (Wildman–Crippen MR) is 67.2 cm³/mol. The smallest absolute Gasteiger partial charge is 0.328 e. The Morgan fingerprint density at radius 3 is 2.41 bits per heavy atom. The quantitative estimate of drug-likeness (QED) is 0.837. The lowest BCUT2D eigenvalue weighted by Crippen LogP contribution is -2.44. The summed E-state index contributed by atoms with van der Waals surface area (Å²) in [6.07, 6.45) is 0. The summed E-state index contributed by atoms with van der Waals surface area (Å²) in [5.41, 5.74) is 0. The van der Waals surface area contributed by atoms with Crippen LogP contribution in [0.1, 0.15) is 28.4 Å². The Labute approximate surface area is 105 Å². The van der Waals surface area contributed by atoms with E-state index in [1.54, 1.807) is 6.07 Å². The Bertz CT molecular complexity index is 412. The second-order valence-electron chi connectivity index (χ2n) is 4.13. The molecule has 1 aromatic rings. The number of esters is 1. The zero-order chi connectivity index (χ0) is 13.0. The molecular weight excluding hydrogens is 238 g/mol. The molecule has 0 saturated heterocycles. The van der Waals surface area contributed by atoms with Gasteiger partial charge in [-0.05, 0) is 25.0 Å². The average Bonchev–Trinajstić information content (AvgIpc) is 2.71. The maximum Gasteiger partial charge on any atom is 0.328 e. The SMILES string of the molecule is COC(=O)C(NC(=O)c1ccc(C)s1)C(C)C. The van der Waals surface area contributed by atoms with Crippen LogP contribution in [0.3, 0.4) is 0 Å². The van der Waals surface area contributed by atoms with Crippen LogP contribution in [0.5, 0.6) is 0 Å². The van der Waals surface area contributed by atoms with E-state index in [1.165, 1.54) is 18.4 Å². The monoisotopic (exact) mass is 255 g/mol. The molecular formula is C12H17NO3S. The van der Waals surface area contributed by atoms with Gasteiger partial charge in [0, 0.05) is 4.88 Å². The summed E-state index contributed by atoms with van der Waals surface area (Å²) in [6, 6.07) is 3.03. The van der Waals surface area contributed by atoms with Crippen molar-refractivity contribution in [2.24, 2.45) is 5.92 Å². The summed E-state index contributed by atoms with van der Waals surface area (Å²) < 4.78 is 4.67. The second-order valence-corrected chi connectivity index (χ2v) is 5.42. The fourth-order valence-corrected chi connectivity index (χ4v) is 2.16. The number of hydrogen-bond donors (Lipinski definition) is 1. The summed E-state index contributed by atoms with van der Waals surface area (Å²) in [5.74, 6) is -0.652. The molecule has 0 bridgehead atoms. The number of carbonyl (C=O) groups is 2. The third-order valence-corrected chi connectivity index (χ3v) is 3.37. The standard InChI is InChI=1S/C12H17NO3S/c1-7(2)10(12(15)16-4)13-11(14)9-6-5-8(3)17-9/h5-7,10H,1-4H3,(H,13,14). The Hall–Kier alpha value is -1.36. The molecule has 5 heteroatoms. The maximum atomic E-state index is 11.9. The fraction of sp³-hybridized carbons (Fsp3) is 0.500. The molecule has 1 aromatic heterocycles. The second kappa shape index (κ2) is 5.82. The van der Waals surface area contributed by atoms with Gasteiger partial charge in [0.25, 0.3) is 5.91 Å². The lowest BCUT2D eigenvalue weighted by molar-refractivity contribution is -0.144. The Kier molecular flexibility index (Phi) is 4.69. The van der Waals surface area contributed by atoms with Gasteiger partial charge in [-0.1, -0.05) is 13.8 Å². The van der Waals surface area contributed by atoms with E-state index < -0.39 is 12.0 Å². The summed E-state index contributed by atoms with van der Waals surface area (Å²) in [7, 11) is 1.32. The molecule has 4 nitrogen and oxygen atoms in total. The van der Waals surface area contributed by atoms with Crippen LogP contribution < -0.4 is 5.32 Å². The molecule has 0 aliphatic carbocycles. The van der Waals surface area contributed by atoms with Gasteiger partial charge in [0.2, 0.25) is 0 Å². The van der Waals surface area contributed by atoms with Gasteiger partial charge in [-0.15, -0.1) is 11.3 Å². The topological polar surface area (TPSA) is 55.4 Å². The summed E-state index contributed by atoms with van der Waals surface area (Å²) in [6.45, 7) is 5.66. The molecule has 0 saturated carbocycles. The van der Waals surface area contributed by atoms with Crippen LogP contribution in [0.2, 0.25) is 0 Å². The van der Waals surface area contributed by atoms with Crippen LogP contribution in [0.4, 0.5) is 0 Å². The lowest BCUT2D eigenvalue weighted by atomic mass is 10.0. The highest BCUT2D eigenvalue weighted by atomic mass is 32.1. The van der Waals surface area contributed by atoms with Gasteiger partial charge in [-0.3, -0.25) is 4.79 Å². The average molecular weight is 255 g/mol. The molecule has 1 rings (SSSR count). The molecule has 1 amide bonds. The largest absolute Gasteiger partial charge is 0.467 e. The van der Waals surface area contributed by atoms with E-state index in [0.29, 0.717) is 4.88 Å². The number of hydrogen-bond acceptors (Lipinski definition) is 4. The highest BCUT2D eigenvalue weighted by Gasteiger charge is 2.25. The first kappa shape index (κ1) is 13.7. The van der Waals surface area contributed by atoms with Crippen LogP contribution in [-0.4, -0.2) is 25.0 Å². The van der Waals surface area contributed by atoms with E-state index >= 15 is 0 Å². The summed E-state index contributed by atoms with van der Waals surface area (Å²) >= 11 is 1.40. The van der Waals surface area contributed by atoms with Crippen molar-refractivity contribution in [1.29, 1.82) is 0 Å². The number of nitrogens with one attached hydrogen (secondary N) is 1. The molecule has 0 fully saturated rings. The van der Waals surface area contributed by atoms with Crippen LogP contribution in [0.15, 0.2) is 12.1 Å². The molecule has 0 aliphatic rings. The number of carbonyl (C=O) groups excluding carboxylic acids is 2. The molecule has 1 heterocycles. The molecule has 0 radical (unpaired) electrons. The number of aryl methyl sites for hydroxylation is 1. The van der Waals surface area contributed by atoms with E-state index in [9.17, 15) is 9.59 Å². The van der Waals surface area contributed by atoms with Gasteiger partial charge in [-0.2, -0.15) is 0 Å². The van der Waals surface area contributed by atoms with Crippen molar-refractivity contribution >= 4 is 23.2 Å². The van der Waals surface area contributed by atoms with Crippen molar-refractivity contribution in [2.45, 2.75) is 26.8 Å². The number of thiophene rings is 1. The molecule has 17 heavy (non-hydrogen) atoms. The van der Waals surface area contributed by atoms with Gasteiger partial charge >= 0.3 is 5.97 Å². The fourth-order valence-electron chi connectivity index (χ4n) is 1.39. The highest BCUT2D eigenvalue weighted by Crippen LogP contribution is 2.15. The summed E-state index contributed by atoms with van der Waals surface area (Å²) in [4.78, 5) is 25.0. The molecule has 1 unspecified atom stereocenters. The maximum absolute atomic E-state index is 11.9. The molecule has 0 aromatic carbocycles. The molecule has 0 aliphatic heterocycles. The van der Waals surface area contributed by atoms with Crippen LogP contribution >= 0.6 is 11.3 Å². The van der Waals surface area contributed by atoms with E-state index in [4.69, 9.17) is 0 Å². The molecule has 1 atom stereocenters. The van der Waals surface area contributed by atoms with Crippen LogP contribution in [0.25, 0.3) is 0 Å². The van der Waals surface area contributed by atoms with Gasteiger partial charge < -0.3 is 10.1 Å². The predicted octanol–water partition coefficient (Wildman–Crippen LogP) is 1.98. The van der Waals surface area contributed by atoms with Crippen molar-refractivity contribution in [3.63, 3.8) is 0 Å². The van der Waals surface area contributed by atoms with Gasteiger partial charge in [0.05, 0.1) is 12.0 Å². The number of rotatable bonds is 4. The van der Waals surface area contributed by atoms with Gasteiger partial charge in [0.15, 0.2) is 0 Å². The number of amides is 1. The van der Waals surface area contributed by atoms with E-state index in [-0.39, 0.29) is 11.8 Å². The first-order valence-electron chi connectivity index (χ1n) is 5.40. The van der Waals surface area contributed by atoms with Crippen LogP contribution in [0, 0.1) is 12.8 Å². The number of methoxy groups -OCH3 is 1. The lowest BCUT2D eigenvalue weighted by Gasteiger charge is -2.19. The Balaban J connectivity index is 2.74. The Morgan fingerprint density at radius 2 is 2.00 bits per heavy atom. The first-order valence-corrected chi connectivity index (χ1v) is 6.22. The van der Waals surface area contributed by atoms with Crippen molar-refractivity contribution in [3.8, 4) is 0 Å². The van der Waals surface area contributed by atoms with Crippen molar-refractivity contribution in [2.75, 3.05) is 7.11 Å². The van der Waals surface area contributed by atoms with Crippen molar-refractivity contribution in [3.05, 3.63) is 21.9 Å². The third-order valence-electron chi connectivity index (χ3n) is 2.37. The zero-order valence-electron chi connectivity index (χ0n) is 10.4. The molecule has 0 spiro atoms. The minimum atomic E-state index is -0.602. The van der Waals surface area contributed by atoms with Crippen molar-refractivity contribution in [1.82, 2.24) is 5.32 Å². The van der Waals surface area contributed by atoms with Gasteiger partial charge in [-0.25, -0.2) is 4.79 Å². The Morgan fingerprint density at radius 1 is 1.35 bits per heavy atom. The van der Waals surface area contributed by atoms with Crippen LogP contribution in [-0.2, 0) is 9.53 Å². The molecule has 1 N–H and O–H groups in total.